The Balaban J connectivity index is 2.44. The quantitative estimate of drug-likeness (QED) is 0.565. The van der Waals surface area contributed by atoms with Crippen molar-refractivity contribution in [3.8, 4) is 0 Å². The van der Waals surface area contributed by atoms with Crippen molar-refractivity contribution < 1.29 is 0 Å². The Bertz CT molecular complexity index is 665. The van der Waals surface area contributed by atoms with Gasteiger partial charge >= 0.3 is 0 Å². The maximum Gasteiger partial charge on any atom is 0.0378 e. The average Bonchev–Trinajstić information content (AvgIpc) is 2.65. The Kier molecular flexibility index (Phi) is 3.55. The van der Waals surface area contributed by atoms with E-state index in [9.17, 15) is 0 Å². The summed E-state index contributed by atoms with van der Waals surface area (Å²) in [5.41, 5.74) is 5.93. The molecule has 23 heavy (non-hydrogen) atoms. The number of benzene rings is 2. The Morgan fingerprint density at radius 2 is 0.826 bits per heavy atom. The number of rotatable bonds is 2. The topological polar surface area (TPSA) is 0 Å². The van der Waals surface area contributed by atoms with Gasteiger partial charge in [-0.15, -0.1) is 0 Å². The summed E-state index contributed by atoms with van der Waals surface area (Å²) in [5.74, 6) is 0. The van der Waals surface area contributed by atoms with E-state index in [1.165, 1.54) is 22.3 Å². The van der Waals surface area contributed by atoms with Gasteiger partial charge < -0.3 is 0 Å². The summed E-state index contributed by atoms with van der Waals surface area (Å²) in [5, 5.41) is 0. The molecule has 1 aliphatic rings. The van der Waals surface area contributed by atoms with Crippen molar-refractivity contribution in [2.75, 3.05) is 0 Å². The Labute approximate surface area is 141 Å². The molecule has 0 aromatic heterocycles. The molecule has 2 aromatic carbocycles. The third kappa shape index (κ3) is 1.84. The van der Waals surface area contributed by atoms with Crippen molar-refractivity contribution in [1.82, 2.24) is 0 Å². The molecule has 0 radical (unpaired) electrons. The lowest BCUT2D eigenvalue weighted by Crippen LogP contribution is -2.49. The van der Waals surface area contributed by atoms with E-state index in [0.717, 1.165) is 0 Å². The predicted molar refractivity (Wildman–Crippen MR) is 99.6 cm³/mol. The second-order valence-corrected chi connectivity index (χ2v) is 7.98. The highest BCUT2D eigenvalue weighted by atomic mass is 14.6. The zero-order valence-electron chi connectivity index (χ0n) is 15.3. The van der Waals surface area contributed by atoms with Gasteiger partial charge in [0.05, 0.1) is 0 Å². The standard InChI is InChI=1S/C23H28/c1-17-18(2)22(5,6)23(21(17,3)4,19-13-9-7-10-14-19)20-15-11-8-12-16-20/h7-16H,1-6H3. The van der Waals surface area contributed by atoms with E-state index in [1.54, 1.807) is 0 Å². The lowest BCUT2D eigenvalue weighted by atomic mass is 9.50. The first-order valence-electron chi connectivity index (χ1n) is 8.57. The van der Waals surface area contributed by atoms with Crippen LogP contribution < -0.4 is 0 Å². The van der Waals surface area contributed by atoms with Crippen LogP contribution in [-0.2, 0) is 5.41 Å². The first-order valence-corrected chi connectivity index (χ1v) is 8.57. The number of hydrogen-bond acceptors (Lipinski definition) is 0. The second-order valence-electron chi connectivity index (χ2n) is 7.98. The molecule has 0 aliphatic heterocycles. The van der Waals surface area contributed by atoms with Crippen LogP contribution in [-0.4, -0.2) is 0 Å². The van der Waals surface area contributed by atoms with E-state index < -0.39 is 0 Å². The second kappa shape index (κ2) is 5.09. The highest BCUT2D eigenvalue weighted by Gasteiger charge is 2.62. The SMILES string of the molecule is CC1=C(C)C(C)(C)C(c2ccccc2)(c2ccccc2)C1(C)C. The van der Waals surface area contributed by atoms with Gasteiger partial charge in [0.15, 0.2) is 0 Å². The Morgan fingerprint density at radius 1 is 0.522 bits per heavy atom. The largest absolute Gasteiger partial charge is 0.0669 e. The van der Waals surface area contributed by atoms with Crippen LogP contribution in [0.1, 0.15) is 52.7 Å². The van der Waals surface area contributed by atoms with Crippen molar-refractivity contribution in [2.24, 2.45) is 10.8 Å². The van der Waals surface area contributed by atoms with E-state index in [1.807, 2.05) is 0 Å². The van der Waals surface area contributed by atoms with E-state index in [0.29, 0.717) is 0 Å². The summed E-state index contributed by atoms with van der Waals surface area (Å²) >= 11 is 0. The highest BCUT2D eigenvalue weighted by Crippen LogP contribution is 2.68. The lowest BCUT2D eigenvalue weighted by Gasteiger charge is -2.52. The van der Waals surface area contributed by atoms with E-state index in [2.05, 4.69) is 102 Å². The molecule has 0 amide bonds. The molecule has 0 unspecified atom stereocenters. The highest BCUT2D eigenvalue weighted by molar-refractivity contribution is 5.55. The molecule has 0 nitrogen and oxygen atoms in total. The molecule has 1 aliphatic carbocycles. The van der Waals surface area contributed by atoms with Crippen LogP contribution in [0.3, 0.4) is 0 Å². The maximum absolute atomic E-state index is 2.42. The summed E-state index contributed by atoms with van der Waals surface area (Å²) in [7, 11) is 0. The van der Waals surface area contributed by atoms with Crippen LogP contribution >= 0.6 is 0 Å². The van der Waals surface area contributed by atoms with Crippen LogP contribution in [0, 0.1) is 10.8 Å². The van der Waals surface area contributed by atoms with Gasteiger partial charge in [-0.2, -0.15) is 0 Å². The molecule has 0 saturated carbocycles. The fraction of sp³-hybridized carbons (Fsp3) is 0.391. The molecular formula is C23H28. The van der Waals surface area contributed by atoms with E-state index in [-0.39, 0.29) is 16.2 Å². The lowest BCUT2D eigenvalue weighted by molar-refractivity contribution is 0.155. The third-order valence-electron chi connectivity index (χ3n) is 6.73. The first kappa shape index (κ1) is 16.1. The molecule has 2 aromatic rings. The van der Waals surface area contributed by atoms with Gasteiger partial charge in [-0.1, -0.05) is 99.5 Å². The minimum Gasteiger partial charge on any atom is -0.0669 e. The molecule has 120 valence electrons. The molecular weight excluding hydrogens is 276 g/mol. The van der Waals surface area contributed by atoms with Crippen LogP contribution in [0.5, 0.6) is 0 Å². The summed E-state index contributed by atoms with van der Waals surface area (Å²) in [4.78, 5) is 0. The molecule has 0 bridgehead atoms. The van der Waals surface area contributed by atoms with Crippen LogP contribution in [0.15, 0.2) is 71.8 Å². The summed E-state index contributed by atoms with van der Waals surface area (Å²) < 4.78 is 0. The smallest absolute Gasteiger partial charge is 0.0378 e. The van der Waals surface area contributed by atoms with Crippen LogP contribution in [0.4, 0.5) is 0 Å². The van der Waals surface area contributed by atoms with Gasteiger partial charge in [0.1, 0.15) is 0 Å². The Hall–Kier alpha value is -1.82. The summed E-state index contributed by atoms with van der Waals surface area (Å²) in [6.07, 6.45) is 0. The van der Waals surface area contributed by atoms with Crippen molar-refractivity contribution >= 4 is 0 Å². The van der Waals surface area contributed by atoms with Gasteiger partial charge in [0, 0.05) is 16.2 Å². The minimum atomic E-state index is -0.0588. The maximum atomic E-state index is 2.42. The molecule has 0 saturated heterocycles. The number of hydrogen-bond donors (Lipinski definition) is 0. The fourth-order valence-corrected chi connectivity index (χ4v) is 5.27. The van der Waals surface area contributed by atoms with Gasteiger partial charge in [0.25, 0.3) is 0 Å². The zero-order chi connectivity index (χ0) is 16.9. The molecule has 0 heteroatoms. The average molecular weight is 304 g/mol. The van der Waals surface area contributed by atoms with Crippen molar-refractivity contribution in [3.63, 3.8) is 0 Å². The van der Waals surface area contributed by atoms with Crippen molar-refractivity contribution in [2.45, 2.75) is 47.0 Å². The molecule has 0 atom stereocenters. The third-order valence-corrected chi connectivity index (χ3v) is 6.73. The monoisotopic (exact) mass is 304 g/mol. The Morgan fingerprint density at radius 3 is 1.13 bits per heavy atom. The number of allylic oxidation sites excluding steroid dienone is 2. The first-order chi connectivity index (χ1) is 10.8. The molecule has 0 N–H and O–H groups in total. The van der Waals surface area contributed by atoms with Gasteiger partial charge in [-0.05, 0) is 25.0 Å². The predicted octanol–water partition coefficient (Wildman–Crippen LogP) is 6.38. The van der Waals surface area contributed by atoms with Gasteiger partial charge in [-0.25, -0.2) is 0 Å². The minimum absolute atomic E-state index is 0.0588. The van der Waals surface area contributed by atoms with E-state index >= 15 is 0 Å². The summed E-state index contributed by atoms with van der Waals surface area (Å²) in [6.45, 7) is 14.3. The zero-order valence-corrected chi connectivity index (χ0v) is 15.3. The van der Waals surface area contributed by atoms with Crippen molar-refractivity contribution in [1.29, 1.82) is 0 Å². The molecule has 0 spiro atoms. The van der Waals surface area contributed by atoms with Gasteiger partial charge in [0.2, 0.25) is 0 Å². The van der Waals surface area contributed by atoms with Crippen LogP contribution in [0.2, 0.25) is 0 Å². The van der Waals surface area contributed by atoms with E-state index in [4.69, 9.17) is 0 Å². The van der Waals surface area contributed by atoms with Gasteiger partial charge in [-0.3, -0.25) is 0 Å². The molecule has 3 rings (SSSR count). The van der Waals surface area contributed by atoms with Crippen LogP contribution in [0.25, 0.3) is 0 Å². The normalized spacial score (nSPS) is 21.5. The van der Waals surface area contributed by atoms with Crippen molar-refractivity contribution in [3.05, 3.63) is 82.9 Å². The molecule has 0 heterocycles. The molecule has 0 fully saturated rings. The fourth-order valence-electron chi connectivity index (χ4n) is 5.27. The summed E-state index contributed by atoms with van der Waals surface area (Å²) in [6, 6.07) is 22.2.